The van der Waals surface area contributed by atoms with E-state index in [4.69, 9.17) is 4.74 Å². The van der Waals surface area contributed by atoms with Gasteiger partial charge >= 0.3 is 17.8 Å². The van der Waals surface area contributed by atoms with E-state index in [-0.39, 0.29) is 37.1 Å². The maximum Gasteiger partial charge on any atom is 0.313 e. The second-order valence-corrected chi connectivity index (χ2v) is 12.9. The van der Waals surface area contributed by atoms with Gasteiger partial charge in [0.25, 0.3) is 5.91 Å². The van der Waals surface area contributed by atoms with E-state index in [1.165, 1.54) is 0 Å². The van der Waals surface area contributed by atoms with Gasteiger partial charge in [0.15, 0.2) is 28.8 Å². The molecule has 0 bridgehead atoms. The molecule has 3 rings (SSSR count). The Labute approximate surface area is 274 Å². The van der Waals surface area contributed by atoms with Crippen LogP contribution >= 0.6 is 0 Å². The molecular formula is C33H38F5N3O7. The molecule has 3 amide bonds. The Bertz CT molecular complexity index is 1530. The molecule has 0 spiro atoms. The van der Waals surface area contributed by atoms with Crippen molar-refractivity contribution >= 4 is 35.2 Å². The SMILES string of the molecule is CC(C)COC(=O)C[C@H](NC(=O)C1(F)CCN(C(=O)C(=O)Nc2ccccc2C(C)(C)C)CC1)C(=O)COc1c(F)c(F)cc(F)c1F. The number of nitrogens with zero attached hydrogens (tertiary/aromatic N) is 1. The summed E-state index contributed by atoms with van der Waals surface area (Å²) in [5.74, 6) is -14.5. The van der Waals surface area contributed by atoms with Crippen LogP contribution in [-0.2, 0) is 34.1 Å². The Morgan fingerprint density at radius 1 is 0.958 bits per heavy atom. The van der Waals surface area contributed by atoms with E-state index in [0.29, 0.717) is 5.69 Å². The topological polar surface area (TPSA) is 131 Å². The Hall–Kier alpha value is -4.56. The van der Waals surface area contributed by atoms with Crippen molar-refractivity contribution in [2.45, 2.75) is 71.0 Å². The Kier molecular flexibility index (Phi) is 12.3. The van der Waals surface area contributed by atoms with Gasteiger partial charge in [-0.05, 0) is 23.0 Å². The van der Waals surface area contributed by atoms with E-state index in [1.807, 2.05) is 26.8 Å². The molecule has 1 heterocycles. The van der Waals surface area contributed by atoms with Gasteiger partial charge in [-0.2, -0.15) is 8.78 Å². The minimum Gasteiger partial charge on any atom is -0.479 e. The van der Waals surface area contributed by atoms with Gasteiger partial charge < -0.3 is 25.0 Å². The highest BCUT2D eigenvalue weighted by Crippen LogP contribution is 2.31. The van der Waals surface area contributed by atoms with Crippen molar-refractivity contribution in [3.63, 3.8) is 0 Å². The number of rotatable bonds is 11. The number of carbonyl (C=O) groups excluding carboxylic acids is 5. The molecule has 1 fully saturated rings. The molecule has 0 unspecified atom stereocenters. The highest BCUT2D eigenvalue weighted by molar-refractivity contribution is 6.39. The quantitative estimate of drug-likeness (QED) is 0.154. The second-order valence-electron chi connectivity index (χ2n) is 12.9. The molecule has 48 heavy (non-hydrogen) atoms. The van der Waals surface area contributed by atoms with E-state index in [0.717, 1.165) is 10.5 Å². The van der Waals surface area contributed by atoms with Gasteiger partial charge in [0.1, 0.15) is 12.6 Å². The minimum absolute atomic E-state index is 0.0601. The molecule has 1 atom stereocenters. The number of hydrogen-bond donors (Lipinski definition) is 2. The van der Waals surface area contributed by atoms with Crippen LogP contribution in [0.15, 0.2) is 30.3 Å². The number of Topliss-reactive ketones (excluding diaryl/α,β-unsaturated/α-hetero) is 1. The molecule has 1 aliphatic heterocycles. The molecule has 2 aromatic carbocycles. The number of benzene rings is 2. The van der Waals surface area contributed by atoms with Crippen LogP contribution < -0.4 is 15.4 Å². The fraction of sp³-hybridized carbons (Fsp3) is 0.485. The lowest BCUT2D eigenvalue weighted by Gasteiger charge is -2.35. The molecular weight excluding hydrogens is 645 g/mol. The van der Waals surface area contributed by atoms with E-state index >= 15 is 4.39 Å². The van der Waals surface area contributed by atoms with Crippen molar-refractivity contribution in [2.24, 2.45) is 5.92 Å². The molecule has 262 valence electrons. The summed E-state index contributed by atoms with van der Waals surface area (Å²) in [4.78, 5) is 65.2. The van der Waals surface area contributed by atoms with Crippen LogP contribution in [0, 0.1) is 29.2 Å². The maximum atomic E-state index is 15.9. The minimum atomic E-state index is -2.66. The highest BCUT2D eigenvalue weighted by Gasteiger charge is 2.45. The van der Waals surface area contributed by atoms with Gasteiger partial charge in [0, 0.05) is 37.7 Å². The number of amides is 3. The zero-order valence-electron chi connectivity index (χ0n) is 27.2. The van der Waals surface area contributed by atoms with Crippen LogP contribution in [0.5, 0.6) is 5.75 Å². The predicted molar refractivity (Wildman–Crippen MR) is 163 cm³/mol. The third-order valence-corrected chi connectivity index (χ3v) is 7.50. The monoisotopic (exact) mass is 683 g/mol. The summed E-state index contributed by atoms with van der Waals surface area (Å²) in [6.07, 6.45) is -1.99. The van der Waals surface area contributed by atoms with Crippen molar-refractivity contribution in [2.75, 3.05) is 31.6 Å². The molecule has 15 heteroatoms. The van der Waals surface area contributed by atoms with E-state index in [9.17, 15) is 41.5 Å². The number of likely N-dealkylation sites (tertiary alicyclic amines) is 1. The molecule has 1 saturated heterocycles. The fourth-order valence-electron chi connectivity index (χ4n) is 4.80. The van der Waals surface area contributed by atoms with Crippen molar-refractivity contribution in [1.29, 1.82) is 0 Å². The number of anilines is 1. The van der Waals surface area contributed by atoms with Gasteiger partial charge in [-0.1, -0.05) is 52.8 Å². The number of piperidine rings is 1. The van der Waals surface area contributed by atoms with E-state index in [1.54, 1.807) is 32.0 Å². The van der Waals surface area contributed by atoms with Crippen molar-refractivity contribution in [3.8, 4) is 5.75 Å². The molecule has 10 nitrogen and oxygen atoms in total. The number of alkyl halides is 1. The largest absolute Gasteiger partial charge is 0.479 e. The predicted octanol–water partition coefficient (Wildman–Crippen LogP) is 4.53. The summed E-state index contributed by atoms with van der Waals surface area (Å²) in [5.41, 5.74) is -1.79. The number of esters is 1. The summed E-state index contributed by atoms with van der Waals surface area (Å²) in [5, 5.41) is 4.67. The number of ether oxygens (including phenoxy) is 2. The smallest absolute Gasteiger partial charge is 0.313 e. The summed E-state index contributed by atoms with van der Waals surface area (Å²) in [6, 6.07) is 5.04. The number of carbonyl (C=O) groups is 5. The average Bonchev–Trinajstić information content (AvgIpc) is 3.02. The number of nitrogens with one attached hydrogen (secondary N) is 2. The second kappa shape index (κ2) is 15.6. The van der Waals surface area contributed by atoms with Gasteiger partial charge in [-0.15, -0.1) is 0 Å². The van der Waals surface area contributed by atoms with Crippen LogP contribution in [0.4, 0.5) is 27.6 Å². The summed E-state index contributed by atoms with van der Waals surface area (Å²) < 4.78 is 80.8. The first-order valence-corrected chi connectivity index (χ1v) is 15.2. The standard InChI is InChI=1S/C33H38F5N3O7/c1-18(2)16-47-25(43)15-23(24(42)17-48-28-26(36)20(34)14-21(35)27(28)37)40-31(46)33(38)10-12-41(13-11-33)30(45)29(44)39-22-9-7-6-8-19(22)32(3,4)5/h6-9,14,18,23H,10-13,15-17H2,1-5H3,(H,39,44)(H,40,46)/t23-/m0/s1. The van der Waals surface area contributed by atoms with Gasteiger partial charge in [-0.3, -0.25) is 24.0 Å². The normalized spacial score (nSPS) is 15.0. The zero-order valence-corrected chi connectivity index (χ0v) is 27.2. The van der Waals surface area contributed by atoms with Crippen molar-refractivity contribution in [1.82, 2.24) is 10.2 Å². The molecule has 0 radical (unpaired) electrons. The first-order chi connectivity index (χ1) is 22.3. The third-order valence-electron chi connectivity index (χ3n) is 7.50. The summed E-state index contributed by atoms with van der Waals surface area (Å²) in [7, 11) is 0. The Balaban J connectivity index is 1.68. The molecule has 2 N–H and O–H groups in total. The molecule has 2 aromatic rings. The Morgan fingerprint density at radius 2 is 1.54 bits per heavy atom. The summed E-state index contributed by atoms with van der Waals surface area (Å²) in [6.45, 7) is 7.22. The maximum absolute atomic E-state index is 15.9. The van der Waals surface area contributed by atoms with Crippen LogP contribution in [-0.4, -0.2) is 72.4 Å². The molecule has 0 saturated carbocycles. The van der Waals surface area contributed by atoms with Gasteiger partial charge in [-0.25, -0.2) is 13.2 Å². The summed E-state index contributed by atoms with van der Waals surface area (Å²) >= 11 is 0. The molecule has 0 aliphatic carbocycles. The average molecular weight is 684 g/mol. The lowest BCUT2D eigenvalue weighted by molar-refractivity contribution is -0.150. The van der Waals surface area contributed by atoms with Crippen LogP contribution in [0.25, 0.3) is 0 Å². The first-order valence-electron chi connectivity index (χ1n) is 15.2. The number of halogens is 5. The highest BCUT2D eigenvalue weighted by atomic mass is 19.2. The van der Waals surface area contributed by atoms with Crippen molar-refractivity contribution < 1.29 is 55.4 Å². The number of hydrogen-bond acceptors (Lipinski definition) is 7. The van der Waals surface area contributed by atoms with Gasteiger partial charge in [0.05, 0.1) is 13.0 Å². The molecule has 0 aromatic heterocycles. The third kappa shape index (κ3) is 9.50. The van der Waals surface area contributed by atoms with Crippen LogP contribution in [0.2, 0.25) is 0 Å². The van der Waals surface area contributed by atoms with Crippen LogP contribution in [0.1, 0.15) is 59.4 Å². The molecule has 1 aliphatic rings. The lowest BCUT2D eigenvalue weighted by atomic mass is 9.86. The number of para-hydroxylation sites is 1. The lowest BCUT2D eigenvalue weighted by Crippen LogP contribution is -2.57. The fourth-order valence-corrected chi connectivity index (χ4v) is 4.80. The van der Waals surface area contributed by atoms with Gasteiger partial charge in [0.2, 0.25) is 11.6 Å². The zero-order chi connectivity index (χ0) is 36.0. The number of ketones is 1. The van der Waals surface area contributed by atoms with Crippen LogP contribution in [0.3, 0.4) is 0 Å². The Morgan fingerprint density at radius 3 is 2.10 bits per heavy atom. The van der Waals surface area contributed by atoms with Crippen molar-refractivity contribution in [3.05, 3.63) is 59.2 Å². The van der Waals surface area contributed by atoms with E-state index in [2.05, 4.69) is 15.4 Å². The first kappa shape index (κ1) is 37.9. The van der Waals surface area contributed by atoms with E-state index < -0.39 is 96.1 Å².